The van der Waals surface area contributed by atoms with Gasteiger partial charge in [-0.25, -0.2) is 0 Å². The summed E-state index contributed by atoms with van der Waals surface area (Å²) in [4.78, 5) is 13.5. The molecule has 0 heterocycles. The number of methoxy groups -OCH3 is 1. The highest BCUT2D eigenvalue weighted by atomic mass is 16.5. The van der Waals surface area contributed by atoms with Gasteiger partial charge in [-0.15, -0.1) is 0 Å². The predicted molar refractivity (Wildman–Crippen MR) is 158 cm³/mol. The van der Waals surface area contributed by atoms with E-state index in [2.05, 4.69) is 25.9 Å². The molecule has 3 unspecified atom stereocenters. The van der Waals surface area contributed by atoms with Crippen LogP contribution in [-0.2, 0) is 9.53 Å². The monoisotopic (exact) mass is 508 g/mol. The minimum Gasteiger partial charge on any atom is -0.469 e. The van der Waals surface area contributed by atoms with Crippen LogP contribution in [0.5, 0.6) is 0 Å². The van der Waals surface area contributed by atoms with Gasteiger partial charge in [0.05, 0.1) is 7.11 Å². The number of carbonyl (C=O) groups is 1. The lowest BCUT2D eigenvalue weighted by molar-refractivity contribution is -0.140. The second kappa shape index (κ2) is 23.5. The number of hydrogen-bond acceptors (Lipinski definition) is 3. The smallest absolute Gasteiger partial charge is 0.305 e. The standard InChI is InChI=1S/C33H65NO2/c1-5-6-7-13-18-23-30(29-34(2)3)24-19-14-10-8-9-11-15-20-25-31-28-32(31)26-21-16-12-17-22-27-33(35)36-4/h30-32H,5-29H2,1-4H3. The highest BCUT2D eigenvalue weighted by Gasteiger charge is 2.34. The fourth-order valence-electron chi connectivity index (χ4n) is 6.11. The summed E-state index contributed by atoms with van der Waals surface area (Å²) in [7, 11) is 5.97. The third kappa shape index (κ3) is 20.5. The van der Waals surface area contributed by atoms with Gasteiger partial charge < -0.3 is 9.64 Å². The van der Waals surface area contributed by atoms with Crippen LogP contribution in [0, 0.1) is 17.8 Å². The van der Waals surface area contributed by atoms with E-state index in [-0.39, 0.29) is 5.97 Å². The van der Waals surface area contributed by atoms with Crippen molar-refractivity contribution in [2.24, 2.45) is 17.8 Å². The normalized spacial score (nSPS) is 18.0. The quantitative estimate of drug-likeness (QED) is 0.0818. The first kappa shape index (κ1) is 33.5. The lowest BCUT2D eigenvalue weighted by atomic mass is 9.93. The molecule has 1 rings (SSSR count). The van der Waals surface area contributed by atoms with E-state index >= 15 is 0 Å². The molecule has 1 saturated carbocycles. The average molecular weight is 508 g/mol. The van der Waals surface area contributed by atoms with E-state index in [1.54, 1.807) is 0 Å². The molecule has 0 N–H and O–H groups in total. The van der Waals surface area contributed by atoms with Crippen molar-refractivity contribution in [2.45, 2.75) is 161 Å². The van der Waals surface area contributed by atoms with Gasteiger partial charge >= 0.3 is 5.97 Å². The van der Waals surface area contributed by atoms with E-state index in [0.717, 1.165) is 24.2 Å². The largest absolute Gasteiger partial charge is 0.469 e. The second-order valence-electron chi connectivity index (χ2n) is 12.4. The van der Waals surface area contributed by atoms with Crippen LogP contribution in [0.2, 0.25) is 0 Å². The van der Waals surface area contributed by atoms with Gasteiger partial charge in [0.1, 0.15) is 0 Å². The molecule has 0 amide bonds. The molecule has 0 aliphatic heterocycles. The molecule has 0 spiro atoms. The molecule has 3 atom stereocenters. The Kier molecular flexibility index (Phi) is 21.9. The molecule has 0 radical (unpaired) electrons. The number of hydrogen-bond donors (Lipinski definition) is 0. The Morgan fingerprint density at radius 2 is 1.14 bits per heavy atom. The van der Waals surface area contributed by atoms with E-state index < -0.39 is 0 Å². The highest BCUT2D eigenvalue weighted by molar-refractivity contribution is 5.68. The Morgan fingerprint density at radius 3 is 1.61 bits per heavy atom. The number of carbonyl (C=O) groups excluding carboxylic acids is 1. The van der Waals surface area contributed by atoms with Crippen molar-refractivity contribution in [1.29, 1.82) is 0 Å². The molecule has 214 valence electrons. The molecule has 3 heteroatoms. The summed E-state index contributed by atoms with van der Waals surface area (Å²) in [5, 5.41) is 0. The third-order valence-corrected chi connectivity index (χ3v) is 8.53. The minimum absolute atomic E-state index is 0.0567. The first-order valence-corrected chi connectivity index (χ1v) is 16.3. The zero-order chi connectivity index (χ0) is 26.3. The van der Waals surface area contributed by atoms with Crippen LogP contribution in [-0.4, -0.2) is 38.6 Å². The van der Waals surface area contributed by atoms with Gasteiger partial charge in [-0.05, 0) is 57.5 Å². The minimum atomic E-state index is -0.0567. The van der Waals surface area contributed by atoms with Crippen molar-refractivity contribution in [3.8, 4) is 0 Å². The Labute approximate surface area is 226 Å². The van der Waals surface area contributed by atoms with Gasteiger partial charge in [0.2, 0.25) is 0 Å². The molecule has 1 fully saturated rings. The summed E-state index contributed by atoms with van der Waals surface area (Å²) in [6, 6.07) is 0. The summed E-state index contributed by atoms with van der Waals surface area (Å²) in [6.07, 6.45) is 32.9. The summed E-state index contributed by atoms with van der Waals surface area (Å²) in [5.41, 5.74) is 0. The number of unbranched alkanes of at least 4 members (excludes halogenated alkanes) is 15. The Morgan fingerprint density at radius 1 is 0.694 bits per heavy atom. The van der Waals surface area contributed by atoms with E-state index in [4.69, 9.17) is 4.74 Å². The molecular weight excluding hydrogens is 442 g/mol. The lowest BCUT2D eigenvalue weighted by Crippen LogP contribution is -2.21. The van der Waals surface area contributed by atoms with Crippen molar-refractivity contribution in [1.82, 2.24) is 4.90 Å². The van der Waals surface area contributed by atoms with Gasteiger partial charge in [0, 0.05) is 13.0 Å². The maximum absolute atomic E-state index is 11.1. The maximum atomic E-state index is 11.1. The molecule has 0 saturated heterocycles. The third-order valence-electron chi connectivity index (χ3n) is 8.53. The Bertz CT molecular complexity index is 492. The molecule has 1 aliphatic carbocycles. The molecular formula is C33H65NO2. The molecule has 36 heavy (non-hydrogen) atoms. The Balaban J connectivity index is 1.85. The molecule has 0 aromatic rings. The SMILES string of the molecule is CCCCCCCC(CCCCCCCCCCC1CC1CCCCCCCC(=O)OC)CN(C)C. The summed E-state index contributed by atoms with van der Waals surface area (Å²) in [5.74, 6) is 2.98. The van der Waals surface area contributed by atoms with E-state index in [0.29, 0.717) is 6.42 Å². The molecule has 0 aromatic carbocycles. The first-order valence-electron chi connectivity index (χ1n) is 16.3. The van der Waals surface area contributed by atoms with Crippen molar-refractivity contribution < 1.29 is 9.53 Å². The number of rotatable bonds is 27. The van der Waals surface area contributed by atoms with Gasteiger partial charge in [0.25, 0.3) is 0 Å². The van der Waals surface area contributed by atoms with Gasteiger partial charge in [-0.2, -0.15) is 0 Å². The molecule has 3 nitrogen and oxygen atoms in total. The predicted octanol–water partition coefficient (Wildman–Crippen LogP) is 9.97. The van der Waals surface area contributed by atoms with Crippen LogP contribution in [0.4, 0.5) is 0 Å². The van der Waals surface area contributed by atoms with E-state index in [1.165, 1.54) is 155 Å². The van der Waals surface area contributed by atoms with Crippen LogP contribution < -0.4 is 0 Å². The zero-order valence-corrected chi connectivity index (χ0v) is 25.2. The first-order chi connectivity index (χ1) is 17.6. The van der Waals surface area contributed by atoms with Crippen LogP contribution in [0.3, 0.4) is 0 Å². The summed E-state index contributed by atoms with van der Waals surface area (Å²) >= 11 is 0. The number of esters is 1. The fourth-order valence-corrected chi connectivity index (χ4v) is 6.11. The number of ether oxygens (including phenoxy) is 1. The molecule has 0 bridgehead atoms. The van der Waals surface area contributed by atoms with Crippen LogP contribution in [0.15, 0.2) is 0 Å². The zero-order valence-electron chi connectivity index (χ0n) is 25.2. The topological polar surface area (TPSA) is 29.5 Å². The van der Waals surface area contributed by atoms with Crippen molar-refractivity contribution in [3.05, 3.63) is 0 Å². The maximum Gasteiger partial charge on any atom is 0.305 e. The van der Waals surface area contributed by atoms with Crippen molar-refractivity contribution in [2.75, 3.05) is 27.7 Å². The van der Waals surface area contributed by atoms with Gasteiger partial charge in [-0.1, -0.05) is 129 Å². The van der Waals surface area contributed by atoms with E-state index in [9.17, 15) is 4.79 Å². The summed E-state index contributed by atoms with van der Waals surface area (Å²) in [6.45, 7) is 3.59. The second-order valence-corrected chi connectivity index (χ2v) is 12.4. The van der Waals surface area contributed by atoms with Crippen LogP contribution in [0.25, 0.3) is 0 Å². The van der Waals surface area contributed by atoms with Gasteiger partial charge in [0.15, 0.2) is 0 Å². The summed E-state index contributed by atoms with van der Waals surface area (Å²) < 4.78 is 4.70. The highest BCUT2D eigenvalue weighted by Crippen LogP contribution is 2.45. The lowest BCUT2D eigenvalue weighted by Gasteiger charge is -2.21. The van der Waals surface area contributed by atoms with Crippen molar-refractivity contribution in [3.63, 3.8) is 0 Å². The number of nitrogens with zero attached hydrogens (tertiary/aromatic N) is 1. The molecule has 1 aliphatic rings. The Hall–Kier alpha value is -0.570. The van der Waals surface area contributed by atoms with Gasteiger partial charge in [-0.3, -0.25) is 4.79 Å². The van der Waals surface area contributed by atoms with Crippen LogP contribution in [0.1, 0.15) is 161 Å². The molecule has 0 aromatic heterocycles. The fraction of sp³-hybridized carbons (Fsp3) is 0.970. The van der Waals surface area contributed by atoms with Crippen molar-refractivity contribution >= 4 is 5.97 Å². The van der Waals surface area contributed by atoms with Crippen LogP contribution >= 0.6 is 0 Å². The average Bonchev–Trinajstić information content (AvgIpc) is 3.61. The van der Waals surface area contributed by atoms with E-state index in [1.807, 2.05) is 0 Å².